The Morgan fingerprint density at radius 3 is 2.69 bits per heavy atom. The van der Waals surface area contributed by atoms with Crippen molar-refractivity contribution in [3.05, 3.63) is 11.6 Å². The number of fused-ring (bicyclic) bond motifs is 5. The van der Waals surface area contributed by atoms with E-state index in [1.54, 1.807) is 5.57 Å². The van der Waals surface area contributed by atoms with E-state index in [2.05, 4.69) is 26.8 Å². The van der Waals surface area contributed by atoms with Crippen molar-refractivity contribution in [2.24, 2.45) is 34.5 Å². The van der Waals surface area contributed by atoms with Crippen LogP contribution < -0.4 is 0 Å². The van der Waals surface area contributed by atoms with Crippen molar-refractivity contribution in [2.75, 3.05) is 20.6 Å². The molecule has 164 valence electrons. The molecule has 0 aliphatic heterocycles. The van der Waals surface area contributed by atoms with Crippen LogP contribution in [0.25, 0.3) is 0 Å². The lowest BCUT2D eigenvalue weighted by Gasteiger charge is -2.58. The van der Waals surface area contributed by atoms with E-state index in [1.807, 2.05) is 19.0 Å². The Morgan fingerprint density at radius 2 is 1.97 bits per heavy atom. The zero-order chi connectivity index (χ0) is 21.0. The van der Waals surface area contributed by atoms with Crippen LogP contribution in [0.4, 0.5) is 0 Å². The van der Waals surface area contributed by atoms with Crippen molar-refractivity contribution in [3.63, 3.8) is 0 Å². The van der Waals surface area contributed by atoms with E-state index in [-0.39, 0.29) is 23.6 Å². The molecule has 1 N–H and O–H groups in total. The van der Waals surface area contributed by atoms with Gasteiger partial charge in [-0.2, -0.15) is 0 Å². The third kappa shape index (κ3) is 3.59. The number of rotatable bonds is 4. The number of aliphatic hydroxyl groups is 1. The Bertz CT molecular complexity index is 673. The Morgan fingerprint density at radius 1 is 1.21 bits per heavy atom. The van der Waals surface area contributed by atoms with Gasteiger partial charge in [-0.1, -0.05) is 25.5 Å². The molecule has 8 atom stereocenters. The fourth-order valence-corrected chi connectivity index (χ4v) is 8.04. The molecule has 0 aromatic carbocycles. The molecule has 0 bridgehead atoms. The largest absolute Gasteiger partial charge is 0.461 e. The van der Waals surface area contributed by atoms with Gasteiger partial charge in [-0.25, -0.2) is 0 Å². The summed E-state index contributed by atoms with van der Waals surface area (Å²) in [6, 6.07) is 0. The number of nitrogens with zero attached hydrogens (tertiary/aromatic N) is 1. The maximum Gasteiger partial charge on any atom is 0.320 e. The molecule has 0 saturated heterocycles. The first-order valence-electron chi connectivity index (χ1n) is 11.9. The van der Waals surface area contributed by atoms with Crippen molar-refractivity contribution in [1.29, 1.82) is 0 Å². The van der Waals surface area contributed by atoms with Crippen molar-refractivity contribution >= 4 is 5.97 Å². The van der Waals surface area contributed by atoms with E-state index in [0.29, 0.717) is 17.9 Å². The lowest BCUT2D eigenvalue weighted by Crippen LogP contribution is -2.51. The highest BCUT2D eigenvalue weighted by Crippen LogP contribution is 2.66. The van der Waals surface area contributed by atoms with Gasteiger partial charge < -0.3 is 9.84 Å². The topological polar surface area (TPSA) is 49.8 Å². The SMILES string of the molecule is CC(OC(=O)CN(C)C)[C@H]1CC[C@H]2[C@@H]3CC=C4C[C@@H](O)CC[C@]4(C)[C@H]3CC[C@]12C. The second-order valence-corrected chi connectivity index (χ2v) is 11.3. The number of likely N-dealkylation sites (N-methyl/N-ethyl adjacent to an activating group) is 1. The van der Waals surface area contributed by atoms with Gasteiger partial charge in [-0.05, 0) is 101 Å². The van der Waals surface area contributed by atoms with Gasteiger partial charge in [0, 0.05) is 5.92 Å². The lowest BCUT2D eigenvalue weighted by molar-refractivity contribution is -0.155. The molecule has 4 aliphatic carbocycles. The second-order valence-electron chi connectivity index (χ2n) is 11.3. The maximum atomic E-state index is 12.2. The van der Waals surface area contributed by atoms with Crippen LogP contribution in [-0.4, -0.2) is 48.8 Å². The molecule has 29 heavy (non-hydrogen) atoms. The molecule has 3 saturated carbocycles. The zero-order valence-electron chi connectivity index (χ0n) is 19.1. The number of aliphatic hydroxyl groups excluding tert-OH is 1. The van der Waals surface area contributed by atoms with Crippen molar-refractivity contribution < 1.29 is 14.6 Å². The van der Waals surface area contributed by atoms with E-state index in [4.69, 9.17) is 4.74 Å². The van der Waals surface area contributed by atoms with Crippen LogP contribution in [0.15, 0.2) is 11.6 Å². The third-order valence-corrected chi connectivity index (χ3v) is 9.48. The maximum absolute atomic E-state index is 12.2. The minimum Gasteiger partial charge on any atom is -0.461 e. The highest BCUT2D eigenvalue weighted by Gasteiger charge is 2.59. The van der Waals surface area contributed by atoms with E-state index < -0.39 is 0 Å². The molecule has 1 unspecified atom stereocenters. The van der Waals surface area contributed by atoms with Crippen molar-refractivity contribution in [1.82, 2.24) is 4.90 Å². The second kappa shape index (κ2) is 7.67. The number of hydrogen-bond donors (Lipinski definition) is 1. The van der Waals surface area contributed by atoms with Crippen LogP contribution in [0.1, 0.15) is 72.1 Å². The number of esters is 1. The van der Waals surface area contributed by atoms with Crippen LogP contribution >= 0.6 is 0 Å². The molecular weight excluding hydrogens is 362 g/mol. The van der Waals surface area contributed by atoms with Crippen LogP contribution in [0, 0.1) is 34.5 Å². The molecule has 4 rings (SSSR count). The van der Waals surface area contributed by atoms with E-state index in [9.17, 15) is 9.90 Å². The summed E-state index contributed by atoms with van der Waals surface area (Å²) in [7, 11) is 3.83. The van der Waals surface area contributed by atoms with Gasteiger partial charge in [-0.3, -0.25) is 9.69 Å². The van der Waals surface area contributed by atoms with Gasteiger partial charge in [-0.15, -0.1) is 0 Å². The smallest absolute Gasteiger partial charge is 0.320 e. The van der Waals surface area contributed by atoms with Crippen molar-refractivity contribution in [2.45, 2.75) is 84.3 Å². The standard InChI is InChI=1S/C25H41NO3/c1-16(29-23(28)15-26(4)5)20-8-9-21-19-7-6-17-14-18(27)10-12-24(17,2)22(19)11-13-25(20,21)3/h6,16,18-22,27H,7-15H2,1-5H3/t16?,18-,19-,20+,21-,22-,24-,25+/m0/s1. The summed E-state index contributed by atoms with van der Waals surface area (Å²) in [4.78, 5) is 14.1. The van der Waals surface area contributed by atoms with E-state index in [1.165, 1.54) is 32.1 Å². The molecule has 4 aliphatic rings. The Hall–Kier alpha value is -0.870. The molecule has 0 heterocycles. The molecule has 4 heteroatoms. The monoisotopic (exact) mass is 403 g/mol. The van der Waals surface area contributed by atoms with Gasteiger partial charge in [0.15, 0.2) is 0 Å². The molecule has 0 radical (unpaired) electrons. The predicted octanol–water partition coefficient (Wildman–Crippen LogP) is 4.42. The summed E-state index contributed by atoms with van der Waals surface area (Å²) in [6.07, 6.45) is 11.6. The van der Waals surface area contributed by atoms with Crippen LogP contribution in [0.5, 0.6) is 0 Å². The third-order valence-electron chi connectivity index (χ3n) is 9.48. The molecule has 3 fully saturated rings. The van der Waals surface area contributed by atoms with Crippen molar-refractivity contribution in [3.8, 4) is 0 Å². The van der Waals surface area contributed by atoms with Gasteiger partial charge in [0.05, 0.1) is 12.6 Å². The highest BCUT2D eigenvalue weighted by atomic mass is 16.5. The quantitative estimate of drug-likeness (QED) is 0.558. The summed E-state index contributed by atoms with van der Waals surface area (Å²) in [6.45, 7) is 7.47. The number of carbonyl (C=O) groups is 1. The van der Waals surface area contributed by atoms with E-state index >= 15 is 0 Å². The van der Waals surface area contributed by atoms with Crippen LogP contribution in [-0.2, 0) is 9.53 Å². The number of ether oxygens (including phenoxy) is 1. The summed E-state index contributed by atoms with van der Waals surface area (Å²) < 4.78 is 5.89. The fraction of sp³-hybridized carbons (Fsp3) is 0.880. The summed E-state index contributed by atoms with van der Waals surface area (Å²) >= 11 is 0. The first kappa shape index (κ1) is 21.4. The summed E-state index contributed by atoms with van der Waals surface area (Å²) in [5.74, 6) is 2.64. The molecule has 0 spiro atoms. The van der Waals surface area contributed by atoms with Crippen LogP contribution in [0.2, 0.25) is 0 Å². The number of hydrogen-bond acceptors (Lipinski definition) is 4. The average Bonchev–Trinajstić information content (AvgIpc) is 2.99. The highest BCUT2D eigenvalue weighted by molar-refractivity contribution is 5.71. The minimum absolute atomic E-state index is 0.00380. The molecule has 4 nitrogen and oxygen atoms in total. The fourth-order valence-electron chi connectivity index (χ4n) is 8.04. The lowest BCUT2D eigenvalue weighted by atomic mass is 9.47. The molecule has 0 aromatic heterocycles. The van der Waals surface area contributed by atoms with Crippen LogP contribution in [0.3, 0.4) is 0 Å². The summed E-state index contributed by atoms with van der Waals surface area (Å²) in [5, 5.41) is 10.2. The van der Waals surface area contributed by atoms with Gasteiger partial charge >= 0.3 is 5.97 Å². The summed E-state index contributed by atoms with van der Waals surface area (Å²) in [5.41, 5.74) is 2.13. The zero-order valence-corrected chi connectivity index (χ0v) is 19.1. The first-order valence-corrected chi connectivity index (χ1v) is 11.9. The Kier molecular flexibility index (Phi) is 5.65. The first-order chi connectivity index (χ1) is 13.6. The average molecular weight is 404 g/mol. The van der Waals surface area contributed by atoms with Gasteiger partial charge in [0.25, 0.3) is 0 Å². The van der Waals surface area contributed by atoms with E-state index in [0.717, 1.165) is 37.0 Å². The molecular formula is C25H41NO3. The number of allylic oxidation sites excluding steroid dienone is 1. The van der Waals surface area contributed by atoms with Gasteiger partial charge in [0.2, 0.25) is 0 Å². The minimum atomic E-state index is -0.131. The van der Waals surface area contributed by atoms with Gasteiger partial charge in [0.1, 0.15) is 6.10 Å². The number of carbonyl (C=O) groups excluding carboxylic acids is 1. The predicted molar refractivity (Wildman–Crippen MR) is 115 cm³/mol. The molecule has 0 aromatic rings. The molecule has 0 amide bonds. The Labute approximate surface area is 177 Å². The Balaban J connectivity index is 1.51. The normalized spacial score (nSPS) is 45.1.